The number of methoxy groups -OCH3 is 1. The molecule has 2 N–H and O–H groups in total. The Labute approximate surface area is 181 Å². The molecule has 1 aromatic rings. The van der Waals surface area contributed by atoms with Gasteiger partial charge in [-0.05, 0) is 13.0 Å². The predicted molar refractivity (Wildman–Crippen MR) is 111 cm³/mol. The SMILES string of the molecule is CCOC(=O)C1=C(CN2CCC3(CC2)OCCO3)NC(=O)NC1c1ccccc1OC. The molecule has 0 radical (unpaired) electrons. The molecule has 0 saturated carbocycles. The van der Waals surface area contributed by atoms with Crippen molar-refractivity contribution in [2.45, 2.75) is 31.6 Å². The maximum Gasteiger partial charge on any atom is 0.338 e. The lowest BCUT2D eigenvalue weighted by molar-refractivity contribution is -0.184. The number of piperidine rings is 1. The number of hydrogen-bond donors (Lipinski definition) is 2. The Morgan fingerprint density at radius 1 is 1.23 bits per heavy atom. The van der Waals surface area contributed by atoms with Gasteiger partial charge in [-0.1, -0.05) is 18.2 Å². The molecule has 0 aromatic heterocycles. The van der Waals surface area contributed by atoms with E-state index in [1.54, 1.807) is 20.1 Å². The standard InChI is InChI=1S/C22H29N3O6/c1-3-29-20(26)18-16(14-25-10-8-22(9-11-25)30-12-13-31-22)23-21(27)24-19(18)15-6-4-5-7-17(15)28-2/h4-7,19H,3,8-14H2,1-2H3,(H2,23,24,27). The molecule has 31 heavy (non-hydrogen) atoms. The minimum Gasteiger partial charge on any atom is -0.496 e. The summed E-state index contributed by atoms with van der Waals surface area (Å²) in [5.41, 5.74) is 1.63. The van der Waals surface area contributed by atoms with Crippen LogP contribution in [-0.2, 0) is 19.0 Å². The molecule has 1 atom stereocenters. The van der Waals surface area contributed by atoms with Crippen molar-refractivity contribution in [1.29, 1.82) is 0 Å². The molecule has 2 amide bonds. The van der Waals surface area contributed by atoms with Gasteiger partial charge >= 0.3 is 12.0 Å². The highest BCUT2D eigenvalue weighted by molar-refractivity contribution is 5.95. The summed E-state index contributed by atoms with van der Waals surface area (Å²) in [5.74, 6) is -0.352. The predicted octanol–water partition coefficient (Wildman–Crippen LogP) is 1.71. The first-order valence-electron chi connectivity index (χ1n) is 10.7. The average Bonchev–Trinajstić information content (AvgIpc) is 3.23. The van der Waals surface area contributed by atoms with E-state index in [0.717, 1.165) is 25.9 Å². The summed E-state index contributed by atoms with van der Waals surface area (Å²) in [6, 6.07) is 6.30. The number of para-hydroxylation sites is 1. The lowest BCUT2D eigenvalue weighted by atomic mass is 9.93. The Bertz CT molecular complexity index is 855. The Balaban J connectivity index is 1.62. The van der Waals surface area contributed by atoms with Gasteiger partial charge in [0.15, 0.2) is 5.79 Å². The second kappa shape index (κ2) is 9.25. The quantitative estimate of drug-likeness (QED) is 0.662. The summed E-state index contributed by atoms with van der Waals surface area (Å²) in [6.07, 6.45) is 1.49. The monoisotopic (exact) mass is 431 g/mol. The van der Waals surface area contributed by atoms with Crippen LogP contribution in [-0.4, -0.2) is 69.3 Å². The van der Waals surface area contributed by atoms with E-state index in [9.17, 15) is 9.59 Å². The zero-order valence-electron chi connectivity index (χ0n) is 17.9. The maximum absolute atomic E-state index is 13.0. The number of amides is 2. The lowest BCUT2D eigenvalue weighted by Gasteiger charge is -2.39. The van der Waals surface area contributed by atoms with E-state index in [4.69, 9.17) is 18.9 Å². The molecule has 2 fully saturated rings. The number of ether oxygens (including phenoxy) is 4. The summed E-state index contributed by atoms with van der Waals surface area (Å²) < 4.78 is 22.4. The highest BCUT2D eigenvalue weighted by Gasteiger charge is 2.41. The van der Waals surface area contributed by atoms with Gasteiger partial charge in [0.2, 0.25) is 0 Å². The van der Waals surface area contributed by atoms with E-state index >= 15 is 0 Å². The van der Waals surface area contributed by atoms with Crippen molar-refractivity contribution in [1.82, 2.24) is 15.5 Å². The average molecular weight is 431 g/mol. The summed E-state index contributed by atoms with van der Waals surface area (Å²) in [5, 5.41) is 5.69. The zero-order chi connectivity index (χ0) is 21.8. The first-order chi connectivity index (χ1) is 15.0. The normalized spacial score (nSPS) is 23.4. The van der Waals surface area contributed by atoms with Gasteiger partial charge in [-0.25, -0.2) is 9.59 Å². The highest BCUT2D eigenvalue weighted by atomic mass is 16.7. The summed E-state index contributed by atoms with van der Waals surface area (Å²) in [6.45, 7) is 5.15. The number of rotatable bonds is 6. The molecule has 1 unspecified atom stereocenters. The number of urea groups is 1. The fourth-order valence-corrected chi connectivity index (χ4v) is 4.39. The molecule has 0 bridgehead atoms. The first-order valence-corrected chi connectivity index (χ1v) is 10.7. The van der Waals surface area contributed by atoms with Crippen LogP contribution in [0.25, 0.3) is 0 Å². The van der Waals surface area contributed by atoms with E-state index in [1.165, 1.54) is 0 Å². The van der Waals surface area contributed by atoms with E-state index in [2.05, 4.69) is 15.5 Å². The Hall–Kier alpha value is -2.62. The van der Waals surface area contributed by atoms with Crippen LogP contribution in [0.1, 0.15) is 31.4 Å². The summed E-state index contributed by atoms with van der Waals surface area (Å²) in [7, 11) is 1.56. The number of benzene rings is 1. The van der Waals surface area contributed by atoms with Gasteiger partial charge in [0.25, 0.3) is 0 Å². The van der Waals surface area contributed by atoms with Crippen LogP contribution in [0.3, 0.4) is 0 Å². The molecule has 9 heteroatoms. The largest absolute Gasteiger partial charge is 0.496 e. The van der Waals surface area contributed by atoms with Gasteiger partial charge in [-0.2, -0.15) is 0 Å². The fourth-order valence-electron chi connectivity index (χ4n) is 4.39. The first kappa shape index (κ1) is 21.6. The smallest absolute Gasteiger partial charge is 0.338 e. The van der Waals surface area contributed by atoms with Crippen LogP contribution < -0.4 is 15.4 Å². The number of nitrogens with one attached hydrogen (secondary N) is 2. The second-order valence-electron chi connectivity index (χ2n) is 7.77. The molecule has 3 aliphatic rings. The molecule has 0 aliphatic carbocycles. The number of hydrogen-bond acceptors (Lipinski definition) is 7. The molecule has 4 rings (SSSR count). The minimum absolute atomic E-state index is 0.239. The van der Waals surface area contributed by atoms with E-state index < -0.39 is 17.8 Å². The van der Waals surface area contributed by atoms with Crippen molar-refractivity contribution in [2.75, 3.05) is 46.6 Å². The van der Waals surface area contributed by atoms with Crippen LogP contribution in [0.5, 0.6) is 5.75 Å². The van der Waals surface area contributed by atoms with Crippen molar-refractivity contribution in [2.24, 2.45) is 0 Å². The number of nitrogens with zero attached hydrogens (tertiary/aromatic N) is 1. The summed E-state index contributed by atoms with van der Waals surface area (Å²) >= 11 is 0. The van der Waals surface area contributed by atoms with Crippen molar-refractivity contribution in [3.05, 3.63) is 41.1 Å². The molecular weight excluding hydrogens is 402 g/mol. The van der Waals surface area contributed by atoms with Crippen LogP contribution in [0.4, 0.5) is 4.79 Å². The number of esters is 1. The Kier molecular flexibility index (Phi) is 6.45. The van der Waals surface area contributed by atoms with E-state index in [-0.39, 0.29) is 12.6 Å². The van der Waals surface area contributed by atoms with Gasteiger partial charge in [-0.3, -0.25) is 4.90 Å². The van der Waals surface area contributed by atoms with Gasteiger partial charge in [-0.15, -0.1) is 0 Å². The third-order valence-electron chi connectivity index (χ3n) is 5.91. The molecule has 2 saturated heterocycles. The fraction of sp³-hybridized carbons (Fsp3) is 0.545. The van der Waals surface area contributed by atoms with E-state index in [1.807, 2.05) is 18.2 Å². The number of carbonyl (C=O) groups excluding carboxylic acids is 2. The number of likely N-dealkylation sites (tertiary alicyclic amines) is 1. The van der Waals surface area contributed by atoms with Gasteiger partial charge in [0, 0.05) is 43.7 Å². The molecule has 1 aromatic carbocycles. The van der Waals surface area contributed by atoms with Crippen molar-refractivity contribution >= 4 is 12.0 Å². The zero-order valence-corrected chi connectivity index (χ0v) is 17.9. The van der Waals surface area contributed by atoms with Crippen LogP contribution in [0.15, 0.2) is 35.5 Å². The summed E-state index contributed by atoms with van der Waals surface area (Å²) in [4.78, 5) is 27.7. The van der Waals surface area contributed by atoms with Crippen molar-refractivity contribution in [3.8, 4) is 5.75 Å². The third-order valence-corrected chi connectivity index (χ3v) is 5.91. The lowest BCUT2D eigenvalue weighted by Crippen LogP contribution is -2.51. The van der Waals surface area contributed by atoms with Gasteiger partial charge in [0.05, 0.1) is 38.5 Å². The maximum atomic E-state index is 13.0. The Morgan fingerprint density at radius 3 is 2.61 bits per heavy atom. The minimum atomic E-state index is -0.670. The highest BCUT2D eigenvalue weighted by Crippen LogP contribution is 2.35. The molecule has 3 heterocycles. The number of carbonyl (C=O) groups is 2. The molecular formula is C22H29N3O6. The topological polar surface area (TPSA) is 98.4 Å². The van der Waals surface area contributed by atoms with Crippen LogP contribution in [0.2, 0.25) is 0 Å². The Morgan fingerprint density at radius 2 is 1.94 bits per heavy atom. The van der Waals surface area contributed by atoms with Crippen molar-refractivity contribution in [3.63, 3.8) is 0 Å². The molecule has 168 valence electrons. The van der Waals surface area contributed by atoms with E-state index in [0.29, 0.717) is 42.3 Å². The van der Waals surface area contributed by atoms with Gasteiger partial charge < -0.3 is 29.6 Å². The van der Waals surface area contributed by atoms with Gasteiger partial charge in [0.1, 0.15) is 5.75 Å². The van der Waals surface area contributed by atoms with Crippen molar-refractivity contribution < 1.29 is 28.5 Å². The second-order valence-corrected chi connectivity index (χ2v) is 7.77. The third kappa shape index (κ3) is 4.53. The van der Waals surface area contributed by atoms with Crippen LogP contribution >= 0.6 is 0 Å². The molecule has 9 nitrogen and oxygen atoms in total. The van der Waals surface area contributed by atoms with Crippen LogP contribution in [0, 0.1) is 0 Å². The molecule has 3 aliphatic heterocycles. The molecule has 1 spiro atoms.